The van der Waals surface area contributed by atoms with Gasteiger partial charge in [-0.25, -0.2) is 9.97 Å². The number of rotatable bonds is 4. The van der Waals surface area contributed by atoms with Crippen LogP contribution in [-0.4, -0.2) is 47.0 Å². The van der Waals surface area contributed by atoms with Crippen molar-refractivity contribution in [2.75, 3.05) is 31.1 Å². The van der Waals surface area contributed by atoms with Gasteiger partial charge in [0, 0.05) is 44.4 Å². The molecule has 3 aliphatic rings. The highest BCUT2D eigenvalue weighted by Gasteiger charge is 2.40. The molecule has 1 saturated heterocycles. The molecule has 5 rings (SSSR count). The third-order valence-electron chi connectivity index (χ3n) is 6.95. The van der Waals surface area contributed by atoms with Crippen LogP contribution in [0.3, 0.4) is 0 Å². The van der Waals surface area contributed by atoms with Gasteiger partial charge in [0.05, 0.1) is 0 Å². The van der Waals surface area contributed by atoms with Crippen LogP contribution in [0.2, 0.25) is 0 Å². The molecule has 2 aromatic rings. The van der Waals surface area contributed by atoms with Crippen LogP contribution in [0.5, 0.6) is 0 Å². The molecule has 0 N–H and O–H groups in total. The number of fused-ring (bicyclic) bond motifs is 2. The van der Waals surface area contributed by atoms with E-state index in [-0.39, 0.29) is 0 Å². The van der Waals surface area contributed by atoms with Crippen LogP contribution < -0.4 is 4.90 Å². The molecular weight excluding hydrogens is 348 g/mol. The van der Waals surface area contributed by atoms with E-state index in [9.17, 15) is 4.79 Å². The molecule has 2 saturated carbocycles. The first-order valence-corrected chi connectivity index (χ1v) is 10.7. The highest BCUT2D eigenvalue weighted by molar-refractivity contribution is 5.77. The third-order valence-corrected chi connectivity index (χ3v) is 6.95. The Hall–Kier alpha value is -2.43. The Balaban J connectivity index is 1.19. The molecule has 28 heavy (non-hydrogen) atoms. The molecule has 0 spiro atoms. The van der Waals surface area contributed by atoms with Gasteiger partial charge in [0.25, 0.3) is 0 Å². The predicted molar refractivity (Wildman–Crippen MR) is 110 cm³/mol. The van der Waals surface area contributed by atoms with Gasteiger partial charge in [-0.3, -0.25) is 4.79 Å². The molecular formula is C23H28N4O. The average molecular weight is 377 g/mol. The molecule has 3 fully saturated rings. The fraction of sp³-hybridized carbons (Fsp3) is 0.522. The first kappa shape index (κ1) is 17.7. The Morgan fingerprint density at radius 2 is 1.82 bits per heavy atom. The van der Waals surface area contributed by atoms with E-state index in [1.807, 2.05) is 42.6 Å². The van der Waals surface area contributed by atoms with Crippen molar-refractivity contribution in [1.29, 1.82) is 0 Å². The smallest absolute Gasteiger partial charge is 0.222 e. The zero-order valence-corrected chi connectivity index (χ0v) is 16.3. The van der Waals surface area contributed by atoms with E-state index in [2.05, 4.69) is 14.8 Å². The van der Waals surface area contributed by atoms with Gasteiger partial charge in [0.2, 0.25) is 5.91 Å². The molecule has 5 nitrogen and oxygen atoms in total. The van der Waals surface area contributed by atoms with Gasteiger partial charge >= 0.3 is 0 Å². The summed E-state index contributed by atoms with van der Waals surface area (Å²) in [5.74, 6) is 4.47. The number of hydrogen-bond donors (Lipinski definition) is 0. The monoisotopic (exact) mass is 376 g/mol. The van der Waals surface area contributed by atoms with Crippen molar-refractivity contribution in [2.24, 2.45) is 17.8 Å². The Morgan fingerprint density at radius 3 is 2.54 bits per heavy atom. The Labute approximate surface area is 166 Å². The normalized spacial score (nSPS) is 26.6. The zero-order valence-electron chi connectivity index (χ0n) is 16.3. The summed E-state index contributed by atoms with van der Waals surface area (Å²) in [6.45, 7) is 3.27. The van der Waals surface area contributed by atoms with Crippen molar-refractivity contribution in [3.05, 3.63) is 42.6 Å². The van der Waals surface area contributed by atoms with Crippen molar-refractivity contribution < 1.29 is 4.79 Å². The molecule has 1 amide bonds. The molecule has 0 radical (unpaired) electrons. The van der Waals surface area contributed by atoms with Crippen LogP contribution in [0.1, 0.15) is 32.1 Å². The van der Waals surface area contributed by atoms with E-state index in [0.29, 0.717) is 11.8 Å². The van der Waals surface area contributed by atoms with E-state index >= 15 is 0 Å². The van der Waals surface area contributed by atoms with Crippen molar-refractivity contribution >= 4 is 11.7 Å². The third kappa shape index (κ3) is 3.50. The quantitative estimate of drug-likeness (QED) is 0.818. The highest BCUT2D eigenvalue weighted by atomic mass is 16.2. The molecule has 1 aliphatic heterocycles. The van der Waals surface area contributed by atoms with E-state index in [0.717, 1.165) is 61.6 Å². The molecule has 146 valence electrons. The van der Waals surface area contributed by atoms with Crippen molar-refractivity contribution in [3.63, 3.8) is 0 Å². The number of carbonyl (C=O) groups is 1. The number of hydrogen-bond acceptors (Lipinski definition) is 4. The van der Waals surface area contributed by atoms with E-state index in [1.165, 1.54) is 25.7 Å². The first-order chi connectivity index (χ1) is 13.8. The van der Waals surface area contributed by atoms with Crippen LogP contribution in [0.4, 0.5) is 5.82 Å². The lowest BCUT2D eigenvalue weighted by Gasteiger charge is -2.36. The number of carbonyl (C=O) groups excluding carboxylic acids is 1. The van der Waals surface area contributed by atoms with Gasteiger partial charge in [0.1, 0.15) is 5.82 Å². The summed E-state index contributed by atoms with van der Waals surface area (Å²) >= 11 is 0. The second-order valence-corrected chi connectivity index (χ2v) is 8.61. The summed E-state index contributed by atoms with van der Waals surface area (Å²) in [4.78, 5) is 26.3. The van der Waals surface area contributed by atoms with Gasteiger partial charge in [-0.15, -0.1) is 0 Å². The fourth-order valence-corrected chi connectivity index (χ4v) is 5.42. The summed E-state index contributed by atoms with van der Waals surface area (Å²) in [7, 11) is 0. The molecule has 5 heteroatoms. The molecule has 2 heterocycles. The Kier molecular flexibility index (Phi) is 4.75. The second-order valence-electron chi connectivity index (χ2n) is 8.61. The maximum absolute atomic E-state index is 12.8. The van der Waals surface area contributed by atoms with Gasteiger partial charge < -0.3 is 9.80 Å². The van der Waals surface area contributed by atoms with Gasteiger partial charge in [-0.05, 0) is 43.1 Å². The van der Waals surface area contributed by atoms with Gasteiger partial charge in [0.15, 0.2) is 5.82 Å². The molecule has 1 aromatic carbocycles. The summed E-state index contributed by atoms with van der Waals surface area (Å²) in [6, 6.07) is 12.0. The largest absolute Gasteiger partial charge is 0.353 e. The van der Waals surface area contributed by atoms with Crippen LogP contribution in [0.15, 0.2) is 42.6 Å². The maximum atomic E-state index is 12.8. The summed E-state index contributed by atoms with van der Waals surface area (Å²) in [5, 5.41) is 0. The number of piperazine rings is 1. The van der Waals surface area contributed by atoms with Gasteiger partial charge in [-0.1, -0.05) is 36.8 Å². The molecule has 2 bridgehead atoms. The van der Waals surface area contributed by atoms with E-state index in [1.54, 1.807) is 0 Å². The minimum Gasteiger partial charge on any atom is -0.353 e. The molecule has 2 aliphatic carbocycles. The van der Waals surface area contributed by atoms with Crippen molar-refractivity contribution in [2.45, 2.75) is 32.1 Å². The lowest BCUT2D eigenvalue weighted by molar-refractivity contribution is -0.132. The number of amides is 1. The average Bonchev–Trinajstić information content (AvgIpc) is 3.38. The molecule has 3 unspecified atom stereocenters. The van der Waals surface area contributed by atoms with Crippen LogP contribution in [-0.2, 0) is 4.79 Å². The first-order valence-electron chi connectivity index (χ1n) is 10.7. The summed E-state index contributed by atoms with van der Waals surface area (Å²) in [5.41, 5.74) is 1.03. The Morgan fingerprint density at radius 1 is 1.00 bits per heavy atom. The topological polar surface area (TPSA) is 49.3 Å². The number of aromatic nitrogens is 2. The van der Waals surface area contributed by atoms with E-state index in [4.69, 9.17) is 4.98 Å². The van der Waals surface area contributed by atoms with Crippen molar-refractivity contribution in [3.8, 4) is 11.4 Å². The Bertz CT molecular complexity index is 832. The van der Waals surface area contributed by atoms with Crippen molar-refractivity contribution in [1.82, 2.24) is 14.9 Å². The lowest BCUT2D eigenvalue weighted by atomic mass is 9.86. The minimum atomic E-state index is 0.366. The van der Waals surface area contributed by atoms with Crippen LogP contribution >= 0.6 is 0 Å². The van der Waals surface area contributed by atoms with Crippen LogP contribution in [0, 0.1) is 17.8 Å². The van der Waals surface area contributed by atoms with Gasteiger partial charge in [-0.2, -0.15) is 0 Å². The maximum Gasteiger partial charge on any atom is 0.222 e. The van der Waals surface area contributed by atoms with Crippen LogP contribution in [0.25, 0.3) is 11.4 Å². The number of anilines is 1. The number of benzene rings is 1. The number of nitrogens with zero attached hydrogens (tertiary/aromatic N) is 4. The predicted octanol–water partition coefficient (Wildman–Crippen LogP) is 3.62. The minimum absolute atomic E-state index is 0.366. The summed E-state index contributed by atoms with van der Waals surface area (Å²) < 4.78 is 0. The summed E-state index contributed by atoms with van der Waals surface area (Å²) in [6.07, 6.45) is 8.03. The highest BCUT2D eigenvalue weighted by Crippen LogP contribution is 2.49. The fourth-order valence-electron chi connectivity index (χ4n) is 5.42. The van der Waals surface area contributed by atoms with E-state index < -0.39 is 0 Å². The standard InChI is InChI=1S/C23H28N4O/c28-22(16-20-15-17-6-7-19(20)14-17)27-12-10-26(11-13-27)21-8-9-24-23(25-21)18-4-2-1-3-5-18/h1-5,8-9,17,19-20H,6-7,10-16H2. The zero-order chi connectivity index (χ0) is 18.9. The molecule has 1 aromatic heterocycles. The SMILES string of the molecule is O=C(CC1CC2CCC1C2)N1CCN(c2ccnc(-c3ccccc3)n2)CC1. The molecule has 3 atom stereocenters. The second kappa shape index (κ2) is 7.53. The lowest BCUT2D eigenvalue weighted by Crippen LogP contribution is -2.49.